The largest absolute Gasteiger partial charge is 0.352 e. The van der Waals surface area contributed by atoms with Gasteiger partial charge in [-0.05, 0) is 36.1 Å². The zero-order valence-corrected chi connectivity index (χ0v) is 19.6. The molecule has 0 aromatic heterocycles. The number of nitro groups is 1. The molecule has 174 valence electrons. The molecule has 32 heavy (non-hydrogen) atoms. The molecule has 0 heterocycles. The fourth-order valence-corrected chi connectivity index (χ4v) is 4.25. The summed E-state index contributed by atoms with van der Waals surface area (Å²) < 4.78 is 25.8. The predicted molar refractivity (Wildman–Crippen MR) is 126 cm³/mol. The molecule has 0 spiro atoms. The van der Waals surface area contributed by atoms with Crippen LogP contribution in [0.15, 0.2) is 48.5 Å². The summed E-state index contributed by atoms with van der Waals surface area (Å²) in [5.41, 5.74) is 1.18. The van der Waals surface area contributed by atoms with Crippen molar-refractivity contribution >= 4 is 27.3 Å². The summed E-state index contributed by atoms with van der Waals surface area (Å²) in [4.78, 5) is 23.0. The molecular weight excluding hydrogens is 430 g/mol. The van der Waals surface area contributed by atoms with Gasteiger partial charge in [0.1, 0.15) is 0 Å². The monoisotopic (exact) mass is 461 g/mol. The minimum Gasteiger partial charge on any atom is -0.352 e. The molecule has 1 atom stereocenters. The molecule has 2 aromatic rings. The fourth-order valence-electron chi connectivity index (χ4n) is 3.37. The Morgan fingerprint density at radius 2 is 1.84 bits per heavy atom. The van der Waals surface area contributed by atoms with Gasteiger partial charge in [-0.3, -0.25) is 19.2 Å². The Morgan fingerprint density at radius 3 is 2.41 bits per heavy atom. The second kappa shape index (κ2) is 11.6. The van der Waals surface area contributed by atoms with E-state index in [9.17, 15) is 23.3 Å². The van der Waals surface area contributed by atoms with Crippen molar-refractivity contribution in [3.05, 3.63) is 69.8 Å². The van der Waals surface area contributed by atoms with Crippen molar-refractivity contribution in [1.82, 2.24) is 5.32 Å². The zero-order chi connectivity index (χ0) is 23.7. The molecular formula is C23H31N3O5S. The van der Waals surface area contributed by atoms with Crippen molar-refractivity contribution in [2.45, 2.75) is 46.1 Å². The lowest BCUT2D eigenvalue weighted by atomic mass is 9.99. The van der Waals surface area contributed by atoms with Crippen LogP contribution in [0.3, 0.4) is 0 Å². The maximum absolute atomic E-state index is 12.5. The van der Waals surface area contributed by atoms with E-state index in [0.717, 1.165) is 36.2 Å². The molecule has 0 unspecified atom stereocenters. The molecule has 0 saturated carbocycles. The molecule has 1 amide bonds. The third-order valence-electron chi connectivity index (χ3n) is 5.37. The van der Waals surface area contributed by atoms with E-state index in [1.165, 1.54) is 24.3 Å². The summed E-state index contributed by atoms with van der Waals surface area (Å²) in [5.74, 6) is 0.293. The smallest absolute Gasteiger partial charge is 0.271 e. The summed E-state index contributed by atoms with van der Waals surface area (Å²) in [6.45, 7) is 4.90. The lowest BCUT2D eigenvalue weighted by Crippen LogP contribution is -2.30. The third kappa shape index (κ3) is 7.33. The van der Waals surface area contributed by atoms with Crippen molar-refractivity contribution in [2.24, 2.45) is 5.92 Å². The topological polar surface area (TPSA) is 110 Å². The van der Waals surface area contributed by atoms with Crippen LogP contribution in [0.5, 0.6) is 0 Å². The molecule has 0 aliphatic heterocycles. The minimum atomic E-state index is -3.68. The van der Waals surface area contributed by atoms with Gasteiger partial charge in [-0.1, -0.05) is 51.3 Å². The Hall–Kier alpha value is -2.94. The maximum atomic E-state index is 12.5. The van der Waals surface area contributed by atoms with Crippen molar-refractivity contribution in [3.63, 3.8) is 0 Å². The highest BCUT2D eigenvalue weighted by Gasteiger charge is 2.20. The van der Waals surface area contributed by atoms with Crippen LogP contribution in [-0.2, 0) is 16.6 Å². The van der Waals surface area contributed by atoms with Gasteiger partial charge in [-0.15, -0.1) is 0 Å². The van der Waals surface area contributed by atoms with Crippen molar-refractivity contribution in [2.75, 3.05) is 17.1 Å². The number of anilines is 1. The Kier molecular flexibility index (Phi) is 9.19. The van der Waals surface area contributed by atoms with E-state index in [0.29, 0.717) is 23.6 Å². The van der Waals surface area contributed by atoms with Gasteiger partial charge in [-0.2, -0.15) is 0 Å². The van der Waals surface area contributed by atoms with Crippen LogP contribution < -0.4 is 9.62 Å². The zero-order valence-electron chi connectivity index (χ0n) is 18.8. The summed E-state index contributed by atoms with van der Waals surface area (Å²) in [6, 6.07) is 12.2. The van der Waals surface area contributed by atoms with E-state index in [1.54, 1.807) is 24.3 Å². The number of nitro benzene ring substituents is 1. The van der Waals surface area contributed by atoms with Crippen molar-refractivity contribution in [1.29, 1.82) is 0 Å². The van der Waals surface area contributed by atoms with Gasteiger partial charge < -0.3 is 5.32 Å². The SMILES string of the molecule is CCCC[C@@H](CC)CNC(=O)c1ccc(CN(c2cccc([N+](=O)[O-])c2)S(C)(=O)=O)cc1. The average Bonchev–Trinajstić information content (AvgIpc) is 2.77. The van der Waals surface area contributed by atoms with Crippen LogP contribution in [-0.4, -0.2) is 32.0 Å². The number of rotatable bonds is 12. The number of hydrogen-bond donors (Lipinski definition) is 1. The summed E-state index contributed by atoms with van der Waals surface area (Å²) >= 11 is 0. The van der Waals surface area contributed by atoms with Crippen LogP contribution in [0.4, 0.5) is 11.4 Å². The highest BCUT2D eigenvalue weighted by Crippen LogP contribution is 2.25. The number of hydrogen-bond acceptors (Lipinski definition) is 5. The Bertz CT molecular complexity index is 1020. The van der Waals surface area contributed by atoms with E-state index in [-0.39, 0.29) is 23.8 Å². The molecule has 8 nitrogen and oxygen atoms in total. The van der Waals surface area contributed by atoms with E-state index in [1.807, 2.05) is 0 Å². The quantitative estimate of drug-likeness (QED) is 0.369. The Balaban J connectivity index is 2.11. The van der Waals surface area contributed by atoms with Gasteiger partial charge in [0.05, 0.1) is 23.4 Å². The summed E-state index contributed by atoms with van der Waals surface area (Å²) in [7, 11) is -3.68. The van der Waals surface area contributed by atoms with Crippen molar-refractivity contribution < 1.29 is 18.1 Å². The van der Waals surface area contributed by atoms with Crippen LogP contribution in [0.2, 0.25) is 0 Å². The fraction of sp³-hybridized carbons (Fsp3) is 0.435. The molecule has 9 heteroatoms. The number of carbonyl (C=O) groups excluding carboxylic acids is 1. The third-order valence-corrected chi connectivity index (χ3v) is 6.51. The lowest BCUT2D eigenvalue weighted by Gasteiger charge is -2.22. The summed E-state index contributed by atoms with van der Waals surface area (Å²) in [5, 5.41) is 14.0. The first-order valence-corrected chi connectivity index (χ1v) is 12.6. The van der Waals surface area contributed by atoms with E-state index in [4.69, 9.17) is 0 Å². The summed E-state index contributed by atoms with van der Waals surface area (Å²) in [6.07, 6.45) is 5.43. The number of nitrogens with zero attached hydrogens (tertiary/aromatic N) is 2. The minimum absolute atomic E-state index is 0.00315. The first-order chi connectivity index (χ1) is 15.2. The lowest BCUT2D eigenvalue weighted by molar-refractivity contribution is -0.384. The number of carbonyl (C=O) groups is 1. The average molecular weight is 462 g/mol. The van der Waals surface area contributed by atoms with E-state index >= 15 is 0 Å². The van der Waals surface area contributed by atoms with Crippen LogP contribution in [0.25, 0.3) is 0 Å². The molecule has 2 rings (SSSR count). The van der Waals surface area contributed by atoms with E-state index in [2.05, 4.69) is 19.2 Å². The van der Waals surface area contributed by atoms with Gasteiger partial charge >= 0.3 is 0 Å². The van der Waals surface area contributed by atoms with Crippen LogP contribution >= 0.6 is 0 Å². The number of unbranched alkanes of at least 4 members (excludes halogenated alkanes) is 1. The Morgan fingerprint density at radius 1 is 1.16 bits per heavy atom. The van der Waals surface area contributed by atoms with Gasteiger partial charge in [0.2, 0.25) is 10.0 Å². The van der Waals surface area contributed by atoms with Crippen LogP contribution in [0.1, 0.15) is 55.5 Å². The highest BCUT2D eigenvalue weighted by atomic mass is 32.2. The van der Waals surface area contributed by atoms with E-state index < -0.39 is 14.9 Å². The molecule has 1 N–H and O–H groups in total. The highest BCUT2D eigenvalue weighted by molar-refractivity contribution is 7.92. The number of amides is 1. The van der Waals surface area contributed by atoms with Gasteiger partial charge in [0, 0.05) is 24.2 Å². The molecule has 0 fully saturated rings. The molecule has 0 saturated heterocycles. The number of sulfonamides is 1. The van der Waals surface area contributed by atoms with Gasteiger partial charge in [0.15, 0.2) is 0 Å². The second-order valence-corrected chi connectivity index (χ2v) is 9.78. The van der Waals surface area contributed by atoms with Crippen LogP contribution in [0, 0.1) is 16.0 Å². The molecule has 0 bridgehead atoms. The maximum Gasteiger partial charge on any atom is 0.271 e. The first-order valence-electron chi connectivity index (χ1n) is 10.7. The van der Waals surface area contributed by atoms with Gasteiger partial charge in [0.25, 0.3) is 11.6 Å². The standard InChI is InChI=1S/C23H31N3O5S/c1-4-6-8-18(5-2)16-24-23(27)20-13-11-19(12-14-20)17-25(32(3,30)31)21-9-7-10-22(15-21)26(28)29/h7,9-15,18H,4-6,8,16-17H2,1-3H3,(H,24,27)/t18-/m1/s1. The second-order valence-electron chi connectivity index (χ2n) is 7.87. The number of nitrogens with one attached hydrogen (secondary N) is 1. The molecule has 0 aliphatic carbocycles. The van der Waals surface area contributed by atoms with Gasteiger partial charge in [-0.25, -0.2) is 8.42 Å². The number of non-ortho nitro benzene ring substituents is 1. The normalized spacial score (nSPS) is 12.2. The molecule has 0 radical (unpaired) electrons. The predicted octanol–water partition coefficient (Wildman–Crippen LogP) is 4.51. The van der Waals surface area contributed by atoms with Crippen molar-refractivity contribution in [3.8, 4) is 0 Å². The first kappa shape index (κ1) is 25.3. The Labute approximate surface area is 189 Å². The molecule has 0 aliphatic rings. The molecule has 2 aromatic carbocycles. The number of benzene rings is 2.